The summed E-state index contributed by atoms with van der Waals surface area (Å²) < 4.78 is 31.6. The van der Waals surface area contributed by atoms with Crippen LogP contribution in [0.25, 0.3) is 0 Å². The molecular weight excluding hydrogens is 157 g/mol. The van der Waals surface area contributed by atoms with Crippen molar-refractivity contribution in [2.24, 2.45) is 0 Å². The van der Waals surface area contributed by atoms with E-state index in [1.165, 1.54) is 0 Å². The highest BCUT2D eigenvalue weighted by Gasteiger charge is 1.84. The van der Waals surface area contributed by atoms with Gasteiger partial charge in [0.05, 0.1) is 0 Å². The van der Waals surface area contributed by atoms with Crippen molar-refractivity contribution >= 4 is 10.4 Å². The molecule has 0 heterocycles. The zero-order valence-electron chi connectivity index (χ0n) is 4.65. The minimum atomic E-state index is -4.67. The maximum Gasteiger partial charge on any atom is 0.394 e. The molecule has 0 atom stereocenters. The number of rotatable bonds is 0. The molecule has 11 N–H and O–H groups in total. The van der Waals surface area contributed by atoms with Crippen LogP contribution in [-0.4, -0.2) is 17.5 Å². The van der Waals surface area contributed by atoms with Gasteiger partial charge in [0.25, 0.3) is 0 Å². The molecule has 0 fully saturated rings. The summed E-state index contributed by atoms with van der Waals surface area (Å²) in [5.74, 6) is 0. The van der Waals surface area contributed by atoms with E-state index in [1.807, 2.05) is 0 Å². The van der Waals surface area contributed by atoms with E-state index in [0.29, 0.717) is 0 Å². The van der Waals surface area contributed by atoms with Gasteiger partial charge in [-0.2, -0.15) is 8.42 Å². The summed E-state index contributed by atoms with van der Waals surface area (Å²) in [5.41, 5.74) is 0. The average molecular weight is 169 g/mol. The van der Waals surface area contributed by atoms with E-state index in [-0.39, 0.29) is 23.2 Å². The molecule has 0 radical (unpaired) electrons. The Balaban J connectivity index is -0.0000000133. The SMILES string of the molecule is F.N.N.N.O=S(=O)(O)O. The van der Waals surface area contributed by atoms with Gasteiger partial charge in [-0.15, -0.1) is 0 Å². The molecule has 0 spiro atoms. The van der Waals surface area contributed by atoms with Crippen LogP contribution < -0.4 is 18.5 Å². The van der Waals surface area contributed by atoms with Crippen LogP contribution in [0.4, 0.5) is 4.70 Å². The molecular formula is H12FN3O4S. The fraction of sp³-hybridized carbons (Fsp3) is 0. The Morgan fingerprint density at radius 1 is 0.889 bits per heavy atom. The van der Waals surface area contributed by atoms with Crippen LogP contribution in [0.5, 0.6) is 0 Å². The van der Waals surface area contributed by atoms with Gasteiger partial charge in [-0.1, -0.05) is 0 Å². The molecule has 0 aromatic rings. The number of hydrogen-bond acceptors (Lipinski definition) is 5. The second kappa shape index (κ2) is 10.6. The van der Waals surface area contributed by atoms with Crippen LogP contribution in [0.15, 0.2) is 0 Å². The third kappa shape index (κ3) is 2420. The van der Waals surface area contributed by atoms with Crippen molar-refractivity contribution < 1.29 is 22.2 Å². The minimum Gasteiger partial charge on any atom is -0.344 e. The van der Waals surface area contributed by atoms with Crippen molar-refractivity contribution in [2.45, 2.75) is 0 Å². The first-order chi connectivity index (χ1) is 2.00. The Morgan fingerprint density at radius 2 is 0.889 bits per heavy atom. The van der Waals surface area contributed by atoms with Crippen molar-refractivity contribution in [1.82, 2.24) is 18.5 Å². The topological polar surface area (TPSA) is 180 Å². The van der Waals surface area contributed by atoms with Crippen LogP contribution in [0.1, 0.15) is 0 Å². The summed E-state index contributed by atoms with van der Waals surface area (Å²) in [6.45, 7) is 0. The lowest BCUT2D eigenvalue weighted by atomic mass is 14.0. The van der Waals surface area contributed by atoms with Crippen molar-refractivity contribution in [1.29, 1.82) is 0 Å². The van der Waals surface area contributed by atoms with Gasteiger partial charge in [-0.3, -0.25) is 13.8 Å². The van der Waals surface area contributed by atoms with Crippen LogP contribution in [-0.2, 0) is 10.4 Å². The van der Waals surface area contributed by atoms with Crippen molar-refractivity contribution in [3.63, 3.8) is 0 Å². The highest BCUT2D eigenvalue weighted by Crippen LogP contribution is 1.59. The summed E-state index contributed by atoms with van der Waals surface area (Å²) in [7, 11) is -4.67. The standard InChI is InChI=1S/FH.3H3N.H2O4S/c;;;;1-5(2,3)4/h1H;3*1H3;(H2,1,2,3,4). The maximum atomic E-state index is 8.74. The molecule has 9 heavy (non-hydrogen) atoms. The first-order valence-corrected chi connectivity index (χ1v) is 2.10. The first-order valence-electron chi connectivity index (χ1n) is 0.698. The summed E-state index contributed by atoms with van der Waals surface area (Å²) >= 11 is 0. The molecule has 0 aliphatic heterocycles. The predicted molar refractivity (Wildman–Crippen MR) is 31.7 cm³/mol. The van der Waals surface area contributed by atoms with Crippen molar-refractivity contribution in [3.8, 4) is 0 Å². The van der Waals surface area contributed by atoms with Gasteiger partial charge in [0.15, 0.2) is 0 Å². The highest BCUT2D eigenvalue weighted by atomic mass is 32.3. The van der Waals surface area contributed by atoms with E-state index >= 15 is 0 Å². The smallest absolute Gasteiger partial charge is 0.344 e. The highest BCUT2D eigenvalue weighted by molar-refractivity contribution is 7.79. The van der Waals surface area contributed by atoms with Crippen LogP contribution in [0.3, 0.4) is 0 Å². The van der Waals surface area contributed by atoms with Crippen molar-refractivity contribution in [2.75, 3.05) is 0 Å². The van der Waals surface area contributed by atoms with Crippen molar-refractivity contribution in [3.05, 3.63) is 0 Å². The Kier molecular flexibility index (Phi) is 44.6. The van der Waals surface area contributed by atoms with E-state index in [0.717, 1.165) is 0 Å². The third-order valence-electron chi connectivity index (χ3n) is 0. The normalized spacial score (nSPS) is 6.44. The molecule has 0 aliphatic rings. The Bertz CT molecular complexity index is 99.0. The summed E-state index contributed by atoms with van der Waals surface area (Å²) in [6.07, 6.45) is 0. The van der Waals surface area contributed by atoms with Gasteiger partial charge in [0, 0.05) is 0 Å². The molecule has 0 saturated heterocycles. The lowest BCUT2D eigenvalue weighted by molar-refractivity contribution is 0.381. The molecule has 0 bridgehead atoms. The van der Waals surface area contributed by atoms with Gasteiger partial charge in [-0.25, -0.2) is 0 Å². The molecule has 9 heteroatoms. The fourth-order valence-electron chi connectivity index (χ4n) is 0. The third-order valence-corrected chi connectivity index (χ3v) is 0. The fourth-order valence-corrected chi connectivity index (χ4v) is 0. The van der Waals surface area contributed by atoms with Gasteiger partial charge >= 0.3 is 10.4 Å². The minimum absolute atomic E-state index is 0. The zero-order chi connectivity index (χ0) is 4.50. The van der Waals surface area contributed by atoms with E-state index in [4.69, 9.17) is 17.5 Å². The quantitative estimate of drug-likeness (QED) is 0.316. The van der Waals surface area contributed by atoms with Crippen LogP contribution >= 0.6 is 0 Å². The second-order valence-corrected chi connectivity index (χ2v) is 1.34. The largest absolute Gasteiger partial charge is 0.394 e. The second-order valence-electron chi connectivity index (χ2n) is 0.448. The van der Waals surface area contributed by atoms with Crippen LogP contribution in [0.2, 0.25) is 0 Å². The zero-order valence-corrected chi connectivity index (χ0v) is 5.47. The molecule has 0 amide bonds. The Hall–Kier alpha value is -0.320. The molecule has 0 aliphatic carbocycles. The summed E-state index contributed by atoms with van der Waals surface area (Å²) in [4.78, 5) is 0. The summed E-state index contributed by atoms with van der Waals surface area (Å²) in [5, 5.41) is 0. The molecule has 0 aromatic carbocycles. The Morgan fingerprint density at radius 3 is 0.889 bits per heavy atom. The molecule has 0 saturated carbocycles. The van der Waals surface area contributed by atoms with Crippen LogP contribution in [0, 0.1) is 0 Å². The number of halogens is 1. The van der Waals surface area contributed by atoms with Gasteiger partial charge in [0.2, 0.25) is 0 Å². The van der Waals surface area contributed by atoms with E-state index in [9.17, 15) is 0 Å². The van der Waals surface area contributed by atoms with E-state index < -0.39 is 10.4 Å². The molecule has 0 unspecified atom stereocenters. The van der Waals surface area contributed by atoms with Gasteiger partial charge in [-0.05, 0) is 0 Å². The van der Waals surface area contributed by atoms with Gasteiger partial charge < -0.3 is 18.5 Å². The van der Waals surface area contributed by atoms with E-state index in [2.05, 4.69) is 0 Å². The maximum absolute atomic E-state index is 8.74. The average Bonchev–Trinajstić information content (AvgIpc) is 0.722. The molecule has 0 rings (SSSR count). The van der Waals surface area contributed by atoms with Gasteiger partial charge in [0.1, 0.15) is 0 Å². The molecule has 64 valence electrons. The first kappa shape index (κ1) is 37.8. The number of hydrogen-bond donors (Lipinski definition) is 5. The molecule has 0 aromatic heterocycles. The van der Waals surface area contributed by atoms with E-state index in [1.54, 1.807) is 0 Å². The summed E-state index contributed by atoms with van der Waals surface area (Å²) in [6, 6.07) is 0. The lowest BCUT2D eigenvalue weighted by Crippen LogP contribution is -1.89. The monoisotopic (exact) mass is 169 g/mol. The molecule has 7 nitrogen and oxygen atoms in total. The lowest BCUT2D eigenvalue weighted by Gasteiger charge is -1.68. The Labute approximate surface area is 52.1 Å². The predicted octanol–water partition coefficient (Wildman–Crippen LogP) is -0.0143.